The minimum Gasteiger partial charge on any atom is -0.404 e. The summed E-state index contributed by atoms with van der Waals surface area (Å²) in [6.45, 7) is 2.39. The summed E-state index contributed by atoms with van der Waals surface area (Å²) >= 11 is 0. The van der Waals surface area contributed by atoms with E-state index in [1.54, 1.807) is 11.0 Å². The largest absolute Gasteiger partial charge is 0.433 e. The van der Waals surface area contributed by atoms with E-state index in [2.05, 4.69) is 9.97 Å². The summed E-state index contributed by atoms with van der Waals surface area (Å²) < 4.78 is 43.3. The smallest absolute Gasteiger partial charge is 0.404 e. The van der Waals surface area contributed by atoms with Gasteiger partial charge in [0.2, 0.25) is 5.95 Å². The number of furan rings is 1. The fraction of sp³-hybridized carbons (Fsp3) is 0.429. The van der Waals surface area contributed by atoms with Gasteiger partial charge in [0.05, 0.1) is 12.6 Å². The molecular formula is C14H14F3N5O3. The van der Waals surface area contributed by atoms with Crippen LogP contribution >= 0.6 is 0 Å². The molecular weight excluding hydrogens is 343 g/mol. The molecule has 2 aromatic heterocycles. The summed E-state index contributed by atoms with van der Waals surface area (Å²) in [5.41, 5.74) is -0.970. The molecule has 1 saturated heterocycles. The van der Waals surface area contributed by atoms with Crippen molar-refractivity contribution in [3.05, 3.63) is 46.0 Å². The molecule has 0 N–H and O–H groups in total. The van der Waals surface area contributed by atoms with Crippen LogP contribution in [0.25, 0.3) is 0 Å². The van der Waals surface area contributed by atoms with Crippen molar-refractivity contribution in [2.75, 3.05) is 31.1 Å². The van der Waals surface area contributed by atoms with Crippen LogP contribution in [0.5, 0.6) is 0 Å². The lowest BCUT2D eigenvalue weighted by Crippen LogP contribution is -2.46. The molecule has 0 amide bonds. The molecule has 1 fully saturated rings. The van der Waals surface area contributed by atoms with E-state index in [9.17, 15) is 23.3 Å². The van der Waals surface area contributed by atoms with Gasteiger partial charge in [0.1, 0.15) is 16.4 Å². The fourth-order valence-corrected chi connectivity index (χ4v) is 2.53. The van der Waals surface area contributed by atoms with Gasteiger partial charge < -0.3 is 9.32 Å². The first-order valence-corrected chi connectivity index (χ1v) is 7.43. The lowest BCUT2D eigenvalue weighted by Gasteiger charge is -2.34. The van der Waals surface area contributed by atoms with Crippen LogP contribution in [0, 0.1) is 10.1 Å². The molecule has 0 spiro atoms. The second kappa shape index (κ2) is 6.67. The first kappa shape index (κ1) is 17.1. The number of nitrogens with zero attached hydrogens (tertiary/aromatic N) is 5. The van der Waals surface area contributed by atoms with Gasteiger partial charge >= 0.3 is 12.1 Å². The number of halogens is 3. The maximum Gasteiger partial charge on any atom is 0.433 e. The zero-order valence-corrected chi connectivity index (χ0v) is 12.9. The second-order valence-electron chi connectivity index (χ2n) is 5.50. The Hall–Kier alpha value is -2.69. The zero-order chi connectivity index (χ0) is 18.0. The topological polar surface area (TPSA) is 88.5 Å². The maximum atomic E-state index is 12.7. The molecule has 3 rings (SSSR count). The minimum absolute atomic E-state index is 0.0445. The minimum atomic E-state index is -4.51. The molecule has 25 heavy (non-hydrogen) atoms. The van der Waals surface area contributed by atoms with Crippen LogP contribution in [0.1, 0.15) is 11.5 Å². The molecule has 0 saturated carbocycles. The molecule has 134 valence electrons. The summed E-state index contributed by atoms with van der Waals surface area (Å²) in [7, 11) is 0. The lowest BCUT2D eigenvalue weighted by atomic mass is 10.3. The number of anilines is 1. The first-order chi connectivity index (χ1) is 11.8. The zero-order valence-electron chi connectivity index (χ0n) is 12.9. The number of nitro groups is 1. The molecule has 0 aromatic carbocycles. The van der Waals surface area contributed by atoms with E-state index in [0.717, 1.165) is 12.3 Å². The molecule has 0 atom stereocenters. The van der Waals surface area contributed by atoms with E-state index < -0.39 is 16.8 Å². The molecule has 8 nitrogen and oxygen atoms in total. The van der Waals surface area contributed by atoms with Gasteiger partial charge in [-0.25, -0.2) is 9.97 Å². The van der Waals surface area contributed by atoms with E-state index in [4.69, 9.17) is 4.42 Å². The highest BCUT2D eigenvalue weighted by Gasteiger charge is 2.33. The molecule has 1 aliphatic heterocycles. The molecule has 0 radical (unpaired) electrons. The van der Waals surface area contributed by atoms with Crippen molar-refractivity contribution >= 4 is 11.8 Å². The molecule has 3 heterocycles. The molecule has 0 unspecified atom stereocenters. The van der Waals surface area contributed by atoms with Crippen molar-refractivity contribution in [3.63, 3.8) is 0 Å². The third-order valence-electron chi connectivity index (χ3n) is 3.80. The Morgan fingerprint density at radius 1 is 1.20 bits per heavy atom. The van der Waals surface area contributed by atoms with Crippen LogP contribution in [-0.2, 0) is 12.7 Å². The summed E-state index contributed by atoms with van der Waals surface area (Å²) in [6.07, 6.45) is -3.41. The monoisotopic (exact) mass is 357 g/mol. The number of hydrogen-bond acceptors (Lipinski definition) is 7. The van der Waals surface area contributed by atoms with Crippen molar-refractivity contribution in [1.82, 2.24) is 14.9 Å². The Kier molecular flexibility index (Phi) is 4.57. The van der Waals surface area contributed by atoms with Crippen LogP contribution < -0.4 is 4.90 Å². The number of alkyl halides is 3. The van der Waals surface area contributed by atoms with Crippen LogP contribution in [0.2, 0.25) is 0 Å². The SMILES string of the molecule is O=[N+]([O-])c1ccc(CN2CCN(c3nccc(C(F)(F)F)n3)CC2)o1. The van der Waals surface area contributed by atoms with E-state index >= 15 is 0 Å². The van der Waals surface area contributed by atoms with Crippen molar-refractivity contribution in [3.8, 4) is 0 Å². The van der Waals surface area contributed by atoms with Crippen LogP contribution in [-0.4, -0.2) is 46.0 Å². The summed E-state index contributed by atoms with van der Waals surface area (Å²) in [6, 6.07) is 3.67. The number of rotatable bonds is 4. The predicted octanol–water partition coefficient (Wildman–Crippen LogP) is 2.32. The van der Waals surface area contributed by atoms with Crippen molar-refractivity contribution in [2.24, 2.45) is 0 Å². The van der Waals surface area contributed by atoms with Gasteiger partial charge in [0, 0.05) is 32.4 Å². The van der Waals surface area contributed by atoms with Gasteiger partial charge in [-0.15, -0.1) is 0 Å². The van der Waals surface area contributed by atoms with Gasteiger partial charge in [0.25, 0.3) is 0 Å². The van der Waals surface area contributed by atoms with E-state index in [1.807, 2.05) is 4.90 Å². The van der Waals surface area contributed by atoms with Crippen molar-refractivity contribution in [2.45, 2.75) is 12.7 Å². The molecule has 1 aliphatic rings. The van der Waals surface area contributed by atoms with Crippen molar-refractivity contribution in [1.29, 1.82) is 0 Å². The normalized spacial score (nSPS) is 16.2. The van der Waals surface area contributed by atoms with Gasteiger partial charge in [-0.05, 0) is 12.1 Å². The Morgan fingerprint density at radius 2 is 1.92 bits per heavy atom. The quantitative estimate of drug-likeness (QED) is 0.613. The highest BCUT2D eigenvalue weighted by molar-refractivity contribution is 5.31. The van der Waals surface area contributed by atoms with Crippen LogP contribution in [0.4, 0.5) is 25.0 Å². The fourth-order valence-electron chi connectivity index (χ4n) is 2.53. The Bertz CT molecular complexity index is 756. The molecule has 0 bridgehead atoms. The second-order valence-corrected chi connectivity index (χ2v) is 5.50. The predicted molar refractivity (Wildman–Crippen MR) is 79.9 cm³/mol. The van der Waals surface area contributed by atoms with Gasteiger partial charge in [0.15, 0.2) is 0 Å². The summed E-state index contributed by atoms with van der Waals surface area (Å²) in [4.78, 5) is 21.2. The lowest BCUT2D eigenvalue weighted by molar-refractivity contribution is -0.402. The standard InChI is InChI=1S/C14H14F3N5O3/c15-14(16,17)11-3-4-18-13(19-11)21-7-5-20(6-8-21)9-10-1-2-12(25-10)22(23)24/h1-4H,5-9H2. The third kappa shape index (κ3) is 4.05. The van der Waals surface area contributed by atoms with Crippen LogP contribution in [0.15, 0.2) is 28.8 Å². The Balaban J connectivity index is 1.59. The van der Waals surface area contributed by atoms with E-state index in [0.29, 0.717) is 38.5 Å². The van der Waals surface area contributed by atoms with Crippen LogP contribution in [0.3, 0.4) is 0 Å². The van der Waals surface area contributed by atoms with Gasteiger partial charge in [-0.1, -0.05) is 0 Å². The number of piperazine rings is 1. The molecule has 11 heteroatoms. The van der Waals surface area contributed by atoms with E-state index in [1.165, 1.54) is 6.07 Å². The van der Waals surface area contributed by atoms with Gasteiger partial charge in [-0.2, -0.15) is 13.2 Å². The average molecular weight is 357 g/mol. The molecule has 2 aromatic rings. The third-order valence-corrected chi connectivity index (χ3v) is 3.80. The summed E-state index contributed by atoms with van der Waals surface area (Å²) in [5, 5.41) is 10.6. The Labute approximate surface area is 140 Å². The van der Waals surface area contributed by atoms with Crippen molar-refractivity contribution < 1.29 is 22.5 Å². The highest BCUT2D eigenvalue weighted by Crippen LogP contribution is 2.28. The number of hydrogen-bond donors (Lipinski definition) is 0. The first-order valence-electron chi connectivity index (χ1n) is 7.43. The van der Waals surface area contributed by atoms with E-state index in [-0.39, 0.29) is 11.8 Å². The van der Waals surface area contributed by atoms with Gasteiger partial charge in [-0.3, -0.25) is 15.0 Å². The number of aromatic nitrogens is 2. The summed E-state index contributed by atoms with van der Waals surface area (Å²) in [5.74, 6) is 0.199. The molecule has 0 aliphatic carbocycles. The average Bonchev–Trinajstić information content (AvgIpc) is 3.04. The Morgan fingerprint density at radius 3 is 2.52 bits per heavy atom. The maximum absolute atomic E-state index is 12.7. The highest BCUT2D eigenvalue weighted by atomic mass is 19.4.